The van der Waals surface area contributed by atoms with Gasteiger partial charge in [-0.3, -0.25) is 0 Å². The van der Waals surface area contributed by atoms with Crippen molar-refractivity contribution in [1.29, 1.82) is 0 Å². The first kappa shape index (κ1) is 21.3. The third-order valence-electron chi connectivity index (χ3n) is 3.31. The highest BCUT2D eigenvalue weighted by atomic mass is 127. The molecule has 2 N–H and O–H groups in total. The van der Waals surface area contributed by atoms with Gasteiger partial charge < -0.3 is 10.6 Å². The van der Waals surface area contributed by atoms with Crippen molar-refractivity contribution in [3.63, 3.8) is 0 Å². The summed E-state index contributed by atoms with van der Waals surface area (Å²) in [5, 5.41) is 8.87. The fourth-order valence-corrected chi connectivity index (χ4v) is 3.90. The van der Waals surface area contributed by atoms with Crippen LogP contribution in [0, 0.1) is 13.8 Å². The van der Waals surface area contributed by atoms with Crippen molar-refractivity contribution in [2.75, 3.05) is 13.1 Å². The van der Waals surface area contributed by atoms with Crippen molar-refractivity contribution >= 4 is 52.6 Å². The number of thiazole rings is 2. The maximum atomic E-state index is 4.62. The Morgan fingerprint density at radius 1 is 1.21 bits per heavy atom. The highest BCUT2D eigenvalue weighted by Gasteiger charge is 2.05. The van der Waals surface area contributed by atoms with Gasteiger partial charge in [0, 0.05) is 35.5 Å². The number of aromatic nitrogens is 2. The Hall–Kier alpha value is -0.740. The second-order valence-corrected chi connectivity index (χ2v) is 7.67. The second-order valence-electron chi connectivity index (χ2n) is 5.19. The van der Waals surface area contributed by atoms with Gasteiger partial charge >= 0.3 is 0 Å². The SMILES string of the molecule is CCNC(=NCc1ncc(CC)s1)NCCc1sc(C)nc1C.I. The van der Waals surface area contributed by atoms with Crippen LogP contribution >= 0.6 is 46.7 Å². The minimum atomic E-state index is 0. The first-order valence-corrected chi connectivity index (χ1v) is 9.64. The lowest BCUT2D eigenvalue weighted by Crippen LogP contribution is -2.38. The van der Waals surface area contributed by atoms with E-state index in [0.717, 1.165) is 47.6 Å². The molecule has 2 heterocycles. The van der Waals surface area contributed by atoms with Crippen LogP contribution in [-0.2, 0) is 19.4 Å². The van der Waals surface area contributed by atoms with Crippen LogP contribution in [0.1, 0.15) is 39.3 Å². The van der Waals surface area contributed by atoms with Crippen LogP contribution in [0.4, 0.5) is 0 Å². The van der Waals surface area contributed by atoms with E-state index in [1.807, 2.05) is 6.20 Å². The Morgan fingerprint density at radius 2 is 2.00 bits per heavy atom. The Labute approximate surface area is 169 Å². The molecule has 0 radical (unpaired) electrons. The average Bonchev–Trinajstić information content (AvgIpc) is 3.11. The van der Waals surface area contributed by atoms with Crippen LogP contribution in [0.25, 0.3) is 0 Å². The van der Waals surface area contributed by atoms with E-state index in [9.17, 15) is 0 Å². The molecule has 0 aliphatic heterocycles. The van der Waals surface area contributed by atoms with Crippen LogP contribution < -0.4 is 10.6 Å². The molecule has 0 saturated carbocycles. The molecular formula is C16H26IN5S2. The van der Waals surface area contributed by atoms with Gasteiger partial charge in [-0.15, -0.1) is 46.7 Å². The third-order valence-corrected chi connectivity index (χ3v) is 5.57. The predicted octanol–water partition coefficient (Wildman–Crippen LogP) is 3.69. The summed E-state index contributed by atoms with van der Waals surface area (Å²) in [6.07, 6.45) is 3.96. The van der Waals surface area contributed by atoms with Gasteiger partial charge in [0.2, 0.25) is 0 Å². The minimum Gasteiger partial charge on any atom is -0.357 e. The number of nitrogens with zero attached hydrogens (tertiary/aromatic N) is 3. The average molecular weight is 479 g/mol. The van der Waals surface area contributed by atoms with Crippen molar-refractivity contribution in [1.82, 2.24) is 20.6 Å². The summed E-state index contributed by atoms with van der Waals surface area (Å²) in [6.45, 7) is 10.7. The van der Waals surface area contributed by atoms with Crippen LogP contribution in [0.3, 0.4) is 0 Å². The van der Waals surface area contributed by atoms with Crippen molar-refractivity contribution < 1.29 is 0 Å². The Morgan fingerprint density at radius 3 is 2.58 bits per heavy atom. The quantitative estimate of drug-likeness (QED) is 0.361. The molecule has 0 fully saturated rings. The molecule has 2 aromatic heterocycles. The topological polar surface area (TPSA) is 62.2 Å². The van der Waals surface area contributed by atoms with Crippen LogP contribution in [0.2, 0.25) is 0 Å². The van der Waals surface area contributed by atoms with Gasteiger partial charge in [-0.05, 0) is 27.2 Å². The first-order valence-electron chi connectivity index (χ1n) is 8.01. The fraction of sp³-hybridized carbons (Fsp3) is 0.562. The highest BCUT2D eigenvalue weighted by Crippen LogP contribution is 2.17. The van der Waals surface area contributed by atoms with E-state index in [0.29, 0.717) is 6.54 Å². The largest absolute Gasteiger partial charge is 0.357 e. The molecule has 0 aliphatic rings. The molecule has 24 heavy (non-hydrogen) atoms. The van der Waals surface area contributed by atoms with Gasteiger partial charge in [0.25, 0.3) is 0 Å². The molecule has 0 aromatic carbocycles. The van der Waals surface area contributed by atoms with Crippen molar-refractivity contribution in [3.05, 3.63) is 31.7 Å². The summed E-state index contributed by atoms with van der Waals surface area (Å²) in [6, 6.07) is 0. The fourth-order valence-electron chi connectivity index (χ4n) is 2.17. The Bertz CT molecular complexity index is 651. The minimum absolute atomic E-state index is 0. The molecule has 2 aromatic rings. The van der Waals surface area contributed by atoms with Crippen molar-refractivity contribution in [3.8, 4) is 0 Å². The van der Waals surface area contributed by atoms with E-state index in [1.165, 1.54) is 9.75 Å². The van der Waals surface area contributed by atoms with E-state index >= 15 is 0 Å². The zero-order chi connectivity index (χ0) is 16.7. The standard InChI is InChI=1S/C16H25N5S2.HI/c1-5-13-9-19-15(23-13)10-20-16(17-6-2)18-8-7-14-11(3)21-12(4)22-14;/h9H,5-8,10H2,1-4H3,(H2,17,18,20);1H. The van der Waals surface area contributed by atoms with Crippen molar-refractivity contribution in [2.24, 2.45) is 4.99 Å². The summed E-state index contributed by atoms with van der Waals surface area (Å²) in [5.74, 6) is 0.847. The van der Waals surface area contributed by atoms with Gasteiger partial charge in [0.15, 0.2) is 5.96 Å². The van der Waals surface area contributed by atoms with Gasteiger partial charge in [0.05, 0.1) is 17.2 Å². The summed E-state index contributed by atoms with van der Waals surface area (Å²) in [5.41, 5.74) is 1.14. The third kappa shape index (κ3) is 6.64. The molecule has 0 bridgehead atoms. The number of halogens is 1. The molecule has 5 nitrogen and oxygen atoms in total. The summed E-state index contributed by atoms with van der Waals surface area (Å²) in [4.78, 5) is 16.2. The zero-order valence-electron chi connectivity index (χ0n) is 14.7. The lowest BCUT2D eigenvalue weighted by molar-refractivity contribution is 0.800. The summed E-state index contributed by atoms with van der Waals surface area (Å²) < 4.78 is 0. The molecule has 2 rings (SSSR count). The molecule has 0 saturated heterocycles. The summed E-state index contributed by atoms with van der Waals surface area (Å²) >= 11 is 3.51. The number of nitrogens with one attached hydrogen (secondary N) is 2. The Balaban J connectivity index is 0.00000288. The maximum absolute atomic E-state index is 4.62. The number of hydrogen-bond acceptors (Lipinski definition) is 5. The number of aliphatic imine (C=N–C) groups is 1. The van der Waals surface area contributed by atoms with Gasteiger partial charge in [-0.1, -0.05) is 6.92 Å². The van der Waals surface area contributed by atoms with Gasteiger partial charge in [0.1, 0.15) is 5.01 Å². The molecule has 0 aliphatic carbocycles. The lowest BCUT2D eigenvalue weighted by atomic mass is 10.3. The molecule has 134 valence electrons. The molecule has 8 heteroatoms. The normalized spacial score (nSPS) is 11.2. The molecule has 0 atom stereocenters. The molecular weight excluding hydrogens is 453 g/mol. The van der Waals surface area contributed by atoms with Gasteiger partial charge in [-0.2, -0.15) is 0 Å². The predicted molar refractivity (Wildman–Crippen MR) is 115 cm³/mol. The maximum Gasteiger partial charge on any atom is 0.191 e. The molecule has 0 amide bonds. The Kier molecular flexibility index (Phi) is 9.75. The van der Waals surface area contributed by atoms with Crippen LogP contribution in [0.15, 0.2) is 11.2 Å². The first-order chi connectivity index (χ1) is 11.1. The molecule has 0 unspecified atom stereocenters. The summed E-state index contributed by atoms with van der Waals surface area (Å²) in [7, 11) is 0. The number of hydrogen-bond donors (Lipinski definition) is 2. The van der Waals surface area contributed by atoms with Crippen molar-refractivity contribution in [2.45, 2.75) is 47.1 Å². The van der Waals surface area contributed by atoms with E-state index in [4.69, 9.17) is 0 Å². The lowest BCUT2D eigenvalue weighted by Gasteiger charge is -2.10. The van der Waals surface area contributed by atoms with E-state index < -0.39 is 0 Å². The zero-order valence-corrected chi connectivity index (χ0v) is 18.6. The van der Waals surface area contributed by atoms with E-state index in [1.54, 1.807) is 22.7 Å². The van der Waals surface area contributed by atoms with E-state index in [2.05, 4.69) is 53.3 Å². The number of guanidine groups is 1. The number of aryl methyl sites for hydroxylation is 3. The smallest absolute Gasteiger partial charge is 0.191 e. The molecule has 0 spiro atoms. The van der Waals surface area contributed by atoms with Crippen LogP contribution in [-0.4, -0.2) is 29.0 Å². The highest BCUT2D eigenvalue weighted by molar-refractivity contribution is 14.0. The van der Waals surface area contributed by atoms with E-state index in [-0.39, 0.29) is 24.0 Å². The van der Waals surface area contributed by atoms with Crippen LogP contribution in [0.5, 0.6) is 0 Å². The number of rotatable bonds is 7. The monoisotopic (exact) mass is 479 g/mol. The van der Waals surface area contributed by atoms with Gasteiger partial charge in [-0.25, -0.2) is 15.0 Å². The second kappa shape index (κ2) is 11.0.